The molecule has 0 aliphatic carbocycles. The minimum atomic E-state index is -4.64. The minimum Gasteiger partial charge on any atom is -1.00 e. The van der Waals surface area contributed by atoms with Crippen LogP contribution in [0, 0.1) is 0 Å². The quantitative estimate of drug-likeness (QED) is 0.265. The SMILES string of the molecule is O=P(O)(O)O.[AlH3].[H-].[H-].[Sr+2].[Ta].[Zr]. The second-order valence-corrected chi connectivity index (χ2v) is 1.54. The van der Waals surface area contributed by atoms with Gasteiger partial charge in [0.1, 0.15) is 0 Å². The Balaban J connectivity index is -0.00000000533. The van der Waals surface area contributed by atoms with Gasteiger partial charge in [-0.1, -0.05) is 0 Å². The van der Waals surface area contributed by atoms with Crippen LogP contribution in [0.5, 0.6) is 0 Å². The Bertz CT molecular complexity index is 74.2. The van der Waals surface area contributed by atoms with Crippen LogP contribution in [0.4, 0.5) is 0 Å². The van der Waals surface area contributed by atoms with Crippen LogP contribution < -0.4 is 0 Å². The van der Waals surface area contributed by atoms with Gasteiger partial charge in [-0.15, -0.1) is 0 Å². The first kappa shape index (κ1) is 29.3. The van der Waals surface area contributed by atoms with E-state index in [0.717, 1.165) is 0 Å². The van der Waals surface area contributed by atoms with Gasteiger partial charge in [-0.2, -0.15) is 0 Å². The minimum absolute atomic E-state index is 0. The second kappa shape index (κ2) is 14.3. The summed E-state index contributed by atoms with van der Waals surface area (Å²) in [5.41, 5.74) is 0. The fraction of sp³-hybridized carbons (Fsp3) is 0. The van der Waals surface area contributed by atoms with Crippen LogP contribution in [0.25, 0.3) is 0 Å². The van der Waals surface area contributed by atoms with Gasteiger partial charge in [0.2, 0.25) is 0 Å². The second-order valence-electron chi connectivity index (χ2n) is 0.513. The predicted molar refractivity (Wildman–Crippen MR) is 32.2 cm³/mol. The van der Waals surface area contributed by atoms with Crippen molar-refractivity contribution in [1.82, 2.24) is 0 Å². The Labute approximate surface area is 138 Å². The molecule has 0 unspecified atom stereocenters. The topological polar surface area (TPSA) is 77.8 Å². The molecule has 0 atom stereocenters. The summed E-state index contributed by atoms with van der Waals surface area (Å²) in [6.45, 7) is 0. The van der Waals surface area contributed by atoms with Gasteiger partial charge in [0.05, 0.1) is 0 Å². The van der Waals surface area contributed by atoms with Gasteiger partial charge >= 0.3 is 53.3 Å². The molecular weight excluding hydrogens is 482 g/mol. The summed E-state index contributed by atoms with van der Waals surface area (Å²) in [6, 6.07) is 0. The van der Waals surface area contributed by atoms with Gasteiger partial charge in [-0.05, 0) is 0 Å². The maximum atomic E-state index is 8.88. The van der Waals surface area contributed by atoms with Gasteiger partial charge in [0, 0.05) is 48.6 Å². The first-order valence-electron chi connectivity index (χ1n) is 0.783. The van der Waals surface area contributed by atoms with E-state index in [1.54, 1.807) is 0 Å². The zero-order valence-electron chi connectivity index (χ0n) is 5.85. The summed E-state index contributed by atoms with van der Waals surface area (Å²) in [6.07, 6.45) is 0. The Kier molecular flexibility index (Phi) is 46.5. The zero-order valence-corrected chi connectivity index (χ0v) is 13.9. The van der Waals surface area contributed by atoms with E-state index in [1.165, 1.54) is 0 Å². The van der Waals surface area contributed by atoms with Crippen molar-refractivity contribution in [1.29, 1.82) is 0 Å². The van der Waals surface area contributed by atoms with Gasteiger partial charge in [0.25, 0.3) is 0 Å². The van der Waals surface area contributed by atoms with Crippen molar-refractivity contribution in [3.8, 4) is 0 Å². The molecule has 0 aliphatic heterocycles. The number of phosphoric acid groups is 1. The Morgan fingerprint density at radius 3 is 1.22 bits per heavy atom. The van der Waals surface area contributed by atoms with E-state index in [2.05, 4.69) is 0 Å². The first-order chi connectivity index (χ1) is 2.00. The van der Waals surface area contributed by atoms with Crippen molar-refractivity contribution >= 4 is 70.7 Å². The average molecular weight is 490 g/mol. The molecule has 51 valence electrons. The largest absolute Gasteiger partial charge is 2.00 e. The van der Waals surface area contributed by atoms with Crippen molar-refractivity contribution in [2.45, 2.75) is 0 Å². The van der Waals surface area contributed by atoms with Crippen LogP contribution in [0.1, 0.15) is 2.85 Å². The van der Waals surface area contributed by atoms with E-state index in [4.69, 9.17) is 19.2 Å². The summed E-state index contributed by atoms with van der Waals surface area (Å²) in [4.78, 5) is 21.6. The Hall–Kier alpha value is 3.75. The number of hydrogen-bond acceptors (Lipinski definition) is 1. The molecule has 3 N–H and O–H groups in total. The summed E-state index contributed by atoms with van der Waals surface area (Å²) in [5, 5.41) is 0. The molecule has 0 aromatic carbocycles. The smallest absolute Gasteiger partial charge is 1.00 e. The van der Waals surface area contributed by atoms with Gasteiger partial charge in [-0.25, -0.2) is 4.57 Å². The molecule has 0 amide bonds. The number of hydrogen-bond donors (Lipinski definition) is 3. The molecule has 0 aromatic rings. The van der Waals surface area contributed by atoms with Crippen LogP contribution in [-0.4, -0.2) is 77.5 Å². The molecule has 9 heavy (non-hydrogen) atoms. The maximum absolute atomic E-state index is 8.88. The van der Waals surface area contributed by atoms with Crippen LogP contribution in [0.2, 0.25) is 0 Å². The van der Waals surface area contributed by atoms with Crippen molar-refractivity contribution < 1.29 is 70.7 Å². The van der Waals surface area contributed by atoms with Crippen LogP contribution in [-0.2, 0) is 53.1 Å². The fourth-order valence-electron chi connectivity index (χ4n) is 0. The third kappa shape index (κ3) is 79.5. The van der Waals surface area contributed by atoms with Crippen LogP contribution in [0.15, 0.2) is 0 Å². The van der Waals surface area contributed by atoms with E-state index >= 15 is 0 Å². The van der Waals surface area contributed by atoms with E-state index in [1.807, 2.05) is 0 Å². The zero-order chi connectivity index (χ0) is 4.50. The van der Waals surface area contributed by atoms with Gasteiger partial charge < -0.3 is 17.5 Å². The molecule has 0 bridgehead atoms. The molecule has 0 fully saturated rings. The predicted octanol–water partition coefficient (Wildman–Crippen LogP) is -2.27. The standard InChI is InChI=1S/Al.H3O4P.Sr.Ta.Zr.5H/c;1-5(2,3)4;;;;;;;;/h;(H3,1,2,3,4);;;;;;;;/q;;+2;;;;;;2*-1. The summed E-state index contributed by atoms with van der Waals surface area (Å²) >= 11 is 0. The fourth-order valence-corrected chi connectivity index (χ4v) is 0. The van der Waals surface area contributed by atoms with Gasteiger partial charge in [0.15, 0.2) is 17.4 Å². The summed E-state index contributed by atoms with van der Waals surface area (Å²) in [7, 11) is -4.64. The summed E-state index contributed by atoms with van der Waals surface area (Å²) < 4.78 is 8.88. The Morgan fingerprint density at radius 2 is 1.22 bits per heavy atom. The molecule has 0 heterocycles. The molecule has 0 aromatic heterocycles. The van der Waals surface area contributed by atoms with Crippen molar-refractivity contribution in [2.75, 3.05) is 0 Å². The third-order valence-corrected chi connectivity index (χ3v) is 0. The molecule has 0 saturated carbocycles. The van der Waals surface area contributed by atoms with Crippen molar-refractivity contribution in [3.63, 3.8) is 0 Å². The molecule has 1 radical (unpaired) electrons. The van der Waals surface area contributed by atoms with Crippen molar-refractivity contribution in [2.24, 2.45) is 0 Å². The number of rotatable bonds is 0. The molecule has 0 spiro atoms. The third-order valence-electron chi connectivity index (χ3n) is 0. The first-order valence-corrected chi connectivity index (χ1v) is 2.35. The maximum Gasteiger partial charge on any atom is 2.00 e. The molecule has 0 saturated heterocycles. The Morgan fingerprint density at radius 1 is 1.22 bits per heavy atom. The van der Waals surface area contributed by atoms with Crippen molar-refractivity contribution in [3.05, 3.63) is 0 Å². The average Bonchev–Trinajstić information content (AvgIpc) is 0.722. The monoisotopic (exact) mass is 489 g/mol. The van der Waals surface area contributed by atoms with Gasteiger partial charge in [-0.3, -0.25) is 0 Å². The molecule has 0 aliphatic rings. The molecule has 4 nitrogen and oxygen atoms in total. The van der Waals surface area contributed by atoms with Crippen LogP contribution in [0.3, 0.4) is 0 Å². The molecule has 9 heteroatoms. The van der Waals surface area contributed by atoms with E-state index < -0.39 is 7.82 Å². The van der Waals surface area contributed by atoms with E-state index in [9.17, 15) is 0 Å². The molecular formula is H8AlO4PSrTaZr. The molecule has 0 rings (SSSR count). The van der Waals surface area contributed by atoms with E-state index in [0.29, 0.717) is 0 Å². The van der Waals surface area contributed by atoms with Crippen LogP contribution >= 0.6 is 7.82 Å². The van der Waals surface area contributed by atoms with E-state index in [-0.39, 0.29) is 114 Å². The summed E-state index contributed by atoms with van der Waals surface area (Å²) in [5.74, 6) is 0. The normalized spacial score (nSPS) is 6.56.